The van der Waals surface area contributed by atoms with E-state index in [2.05, 4.69) is 19.1 Å². The summed E-state index contributed by atoms with van der Waals surface area (Å²) in [5.41, 5.74) is 0. The van der Waals surface area contributed by atoms with E-state index in [1.807, 2.05) is 13.2 Å². The van der Waals surface area contributed by atoms with Crippen LogP contribution >= 0.6 is 0 Å². The third-order valence-electron chi connectivity index (χ3n) is 1.74. The van der Waals surface area contributed by atoms with Gasteiger partial charge in [-0.2, -0.15) is 0 Å². The Morgan fingerprint density at radius 3 is 2.82 bits per heavy atom. The number of allylic oxidation sites excluding steroid dienone is 2. The second-order valence-corrected chi connectivity index (χ2v) is 2.95. The summed E-state index contributed by atoms with van der Waals surface area (Å²) in [6, 6.07) is 0. The van der Waals surface area contributed by atoms with Crippen molar-refractivity contribution in [2.45, 2.75) is 39.5 Å². The van der Waals surface area contributed by atoms with Crippen molar-refractivity contribution in [3.63, 3.8) is 0 Å². The molecule has 1 atom stereocenters. The maximum absolute atomic E-state index is 9.97. The Bertz CT molecular complexity index is 116. The molecule has 0 N–H and O–H groups in total. The van der Waals surface area contributed by atoms with Crippen molar-refractivity contribution in [2.75, 3.05) is 0 Å². The number of unbranched alkanes of at least 4 members (excludes halogenated alkanes) is 1. The second-order valence-electron chi connectivity index (χ2n) is 2.95. The molecule has 0 aliphatic rings. The molecule has 0 aromatic carbocycles. The minimum atomic E-state index is 0.512. The van der Waals surface area contributed by atoms with E-state index in [-0.39, 0.29) is 0 Å². The quantitative estimate of drug-likeness (QED) is 0.423. The monoisotopic (exact) mass is 153 g/mol. The Morgan fingerprint density at radius 2 is 2.27 bits per heavy atom. The summed E-state index contributed by atoms with van der Waals surface area (Å²) in [5.74, 6) is 0.512. The summed E-state index contributed by atoms with van der Waals surface area (Å²) in [4.78, 5) is 9.97. The minimum absolute atomic E-state index is 0.512. The molecule has 0 aliphatic heterocycles. The predicted molar refractivity (Wildman–Crippen MR) is 48.1 cm³/mol. The van der Waals surface area contributed by atoms with E-state index in [4.69, 9.17) is 0 Å². The zero-order chi connectivity index (χ0) is 8.53. The van der Waals surface area contributed by atoms with E-state index >= 15 is 0 Å². The van der Waals surface area contributed by atoms with E-state index in [0.29, 0.717) is 12.3 Å². The van der Waals surface area contributed by atoms with E-state index < -0.39 is 0 Å². The molecule has 1 heteroatoms. The van der Waals surface area contributed by atoms with Crippen molar-refractivity contribution in [3.8, 4) is 0 Å². The maximum atomic E-state index is 9.97. The molecule has 1 unspecified atom stereocenters. The molecule has 1 radical (unpaired) electrons. The highest BCUT2D eigenvalue weighted by atomic mass is 16.1. The van der Waals surface area contributed by atoms with Crippen molar-refractivity contribution in [1.29, 1.82) is 0 Å². The fraction of sp³-hybridized carbons (Fsp3) is 0.700. The molecule has 0 bridgehead atoms. The lowest BCUT2D eigenvalue weighted by molar-refractivity contribution is 0.494. The van der Waals surface area contributed by atoms with Crippen molar-refractivity contribution in [2.24, 2.45) is 5.92 Å². The van der Waals surface area contributed by atoms with Gasteiger partial charge in [-0.3, -0.25) is 4.79 Å². The molecule has 0 aromatic rings. The van der Waals surface area contributed by atoms with Crippen LogP contribution in [-0.2, 0) is 4.79 Å². The van der Waals surface area contributed by atoms with Gasteiger partial charge in [0, 0.05) is 6.42 Å². The summed E-state index contributed by atoms with van der Waals surface area (Å²) in [6.07, 6.45) is 10.2. The third kappa shape index (κ3) is 7.31. The zero-order valence-corrected chi connectivity index (χ0v) is 7.47. The molecule has 0 rings (SSSR count). The Balaban J connectivity index is 3.16. The smallest absolute Gasteiger partial charge is 0.198 e. The van der Waals surface area contributed by atoms with E-state index in [0.717, 1.165) is 12.8 Å². The normalized spacial score (nSPS) is 13.6. The van der Waals surface area contributed by atoms with Crippen LogP contribution in [0.3, 0.4) is 0 Å². The van der Waals surface area contributed by atoms with Crippen molar-refractivity contribution in [1.82, 2.24) is 0 Å². The van der Waals surface area contributed by atoms with Crippen LogP contribution in [0.2, 0.25) is 0 Å². The van der Waals surface area contributed by atoms with Gasteiger partial charge in [-0.1, -0.05) is 19.1 Å². The summed E-state index contributed by atoms with van der Waals surface area (Å²) >= 11 is 0. The molecule has 0 aromatic heterocycles. The van der Waals surface area contributed by atoms with Gasteiger partial charge in [0.15, 0.2) is 6.29 Å². The zero-order valence-electron chi connectivity index (χ0n) is 7.47. The lowest BCUT2D eigenvalue weighted by Crippen LogP contribution is -1.94. The van der Waals surface area contributed by atoms with Crippen LogP contribution < -0.4 is 0 Å². The third-order valence-corrected chi connectivity index (χ3v) is 1.74. The van der Waals surface area contributed by atoms with Gasteiger partial charge >= 0.3 is 0 Å². The van der Waals surface area contributed by atoms with Crippen molar-refractivity contribution >= 4 is 6.29 Å². The topological polar surface area (TPSA) is 17.1 Å². The second kappa shape index (κ2) is 7.52. The van der Waals surface area contributed by atoms with Crippen LogP contribution in [0.1, 0.15) is 39.5 Å². The maximum Gasteiger partial charge on any atom is 0.198 e. The van der Waals surface area contributed by atoms with Crippen LogP contribution in [0.4, 0.5) is 0 Å². The molecule has 1 nitrogen and oxygen atoms in total. The van der Waals surface area contributed by atoms with Crippen molar-refractivity contribution in [3.05, 3.63) is 12.2 Å². The summed E-state index contributed by atoms with van der Waals surface area (Å²) in [6.45, 7) is 4.13. The van der Waals surface area contributed by atoms with Gasteiger partial charge in [-0.05, 0) is 32.1 Å². The highest BCUT2D eigenvalue weighted by Gasteiger charge is 1.99. The molecular weight excluding hydrogens is 136 g/mol. The highest BCUT2D eigenvalue weighted by molar-refractivity contribution is 5.50. The molecule has 0 spiro atoms. The summed E-state index contributed by atoms with van der Waals surface area (Å²) < 4.78 is 0. The summed E-state index contributed by atoms with van der Waals surface area (Å²) in [7, 11) is 0. The Hall–Kier alpha value is -0.590. The molecule has 11 heavy (non-hydrogen) atoms. The van der Waals surface area contributed by atoms with Gasteiger partial charge < -0.3 is 0 Å². The van der Waals surface area contributed by atoms with Gasteiger partial charge in [0.05, 0.1) is 0 Å². The van der Waals surface area contributed by atoms with Crippen LogP contribution in [0.5, 0.6) is 0 Å². The van der Waals surface area contributed by atoms with E-state index in [9.17, 15) is 4.79 Å². The largest absolute Gasteiger partial charge is 0.291 e. The first-order valence-corrected chi connectivity index (χ1v) is 4.27. The first kappa shape index (κ1) is 10.4. The number of hydrogen-bond acceptors (Lipinski definition) is 1. The SMILES string of the molecule is CC=CCCCC(C)C[C]=O. The average molecular weight is 153 g/mol. The molecule has 0 amide bonds. The molecule has 0 fully saturated rings. The molecule has 0 aliphatic carbocycles. The molecule has 0 saturated heterocycles. The first-order chi connectivity index (χ1) is 5.31. The van der Waals surface area contributed by atoms with Crippen LogP contribution in [0.25, 0.3) is 0 Å². The van der Waals surface area contributed by atoms with Crippen LogP contribution in [-0.4, -0.2) is 6.29 Å². The van der Waals surface area contributed by atoms with Gasteiger partial charge in [-0.15, -0.1) is 0 Å². The van der Waals surface area contributed by atoms with E-state index in [1.165, 1.54) is 6.42 Å². The fourth-order valence-electron chi connectivity index (χ4n) is 0.995. The minimum Gasteiger partial charge on any atom is -0.291 e. The van der Waals surface area contributed by atoms with Gasteiger partial charge in [-0.25, -0.2) is 0 Å². The molecule has 0 heterocycles. The lowest BCUT2D eigenvalue weighted by Gasteiger charge is -2.03. The first-order valence-electron chi connectivity index (χ1n) is 4.27. The standard InChI is InChI=1S/C10H17O/c1-3-4-5-6-7-10(2)8-9-11/h3-4,10H,5-8H2,1-2H3. The molecule has 63 valence electrons. The molecular formula is C10H17O. The number of hydrogen-bond donors (Lipinski definition) is 0. The number of carbonyl (C=O) groups excluding carboxylic acids is 1. The summed E-state index contributed by atoms with van der Waals surface area (Å²) in [5, 5.41) is 0. The fourth-order valence-corrected chi connectivity index (χ4v) is 0.995. The Morgan fingerprint density at radius 1 is 1.55 bits per heavy atom. The van der Waals surface area contributed by atoms with Crippen LogP contribution in [0.15, 0.2) is 12.2 Å². The van der Waals surface area contributed by atoms with Gasteiger partial charge in [0.25, 0.3) is 0 Å². The Kier molecular flexibility index (Phi) is 7.11. The van der Waals surface area contributed by atoms with Crippen molar-refractivity contribution < 1.29 is 4.79 Å². The average Bonchev–Trinajstić information content (AvgIpc) is 1.99. The highest BCUT2D eigenvalue weighted by Crippen LogP contribution is 2.10. The Labute approximate surface area is 69.5 Å². The van der Waals surface area contributed by atoms with Gasteiger partial charge in [0.1, 0.15) is 0 Å². The van der Waals surface area contributed by atoms with E-state index in [1.54, 1.807) is 0 Å². The van der Waals surface area contributed by atoms with Crippen LogP contribution in [0, 0.1) is 5.92 Å². The lowest BCUT2D eigenvalue weighted by atomic mass is 10.0. The molecule has 0 saturated carbocycles. The predicted octanol–water partition coefficient (Wildman–Crippen LogP) is 2.87. The number of rotatable bonds is 6. The van der Waals surface area contributed by atoms with Gasteiger partial charge in [0.2, 0.25) is 0 Å².